The van der Waals surface area contributed by atoms with Crippen LogP contribution in [0.3, 0.4) is 0 Å². The summed E-state index contributed by atoms with van der Waals surface area (Å²) in [4.78, 5) is 12.2. The van der Waals surface area contributed by atoms with Crippen LogP contribution in [-0.4, -0.2) is 30.4 Å². The van der Waals surface area contributed by atoms with Crippen LogP contribution in [-0.2, 0) is 0 Å². The van der Waals surface area contributed by atoms with Crippen molar-refractivity contribution >= 4 is 57.3 Å². The maximum atomic E-state index is 12.2. The molecule has 1 aliphatic rings. The average Bonchev–Trinajstić information content (AvgIpc) is 2.58. The van der Waals surface area contributed by atoms with Crippen molar-refractivity contribution in [2.75, 3.05) is 13.2 Å². The van der Waals surface area contributed by atoms with E-state index in [1.54, 1.807) is 24.3 Å². The lowest BCUT2D eigenvalue weighted by molar-refractivity contribution is 0.0954. The zero-order chi connectivity index (χ0) is 17.1. The molecule has 3 rings (SSSR count). The van der Waals surface area contributed by atoms with Gasteiger partial charge >= 0.3 is 0 Å². The summed E-state index contributed by atoms with van der Waals surface area (Å²) in [7, 11) is 0. The van der Waals surface area contributed by atoms with Crippen molar-refractivity contribution in [3.63, 3.8) is 0 Å². The van der Waals surface area contributed by atoms with E-state index in [0.717, 1.165) is 7.14 Å². The summed E-state index contributed by atoms with van der Waals surface area (Å²) in [5.41, 5.74) is 3.39. The first-order chi connectivity index (χ1) is 11.5. The molecule has 24 heavy (non-hydrogen) atoms. The van der Waals surface area contributed by atoms with Crippen LogP contribution in [0.2, 0.25) is 0 Å². The largest absolute Gasteiger partial charge is 0.506 e. The van der Waals surface area contributed by atoms with Crippen LogP contribution in [0.5, 0.6) is 17.2 Å². The summed E-state index contributed by atoms with van der Waals surface area (Å²) in [6, 6.07) is 8.58. The number of nitrogens with zero attached hydrogens (tertiary/aromatic N) is 1. The number of phenolic OH excluding ortho intramolecular Hbond substituents is 1. The van der Waals surface area contributed by atoms with Crippen molar-refractivity contribution in [2.24, 2.45) is 5.10 Å². The highest BCUT2D eigenvalue weighted by Gasteiger charge is 2.14. The zero-order valence-corrected chi connectivity index (χ0v) is 16.6. The number of aromatic hydroxyl groups is 1. The maximum Gasteiger partial charge on any atom is 0.271 e. The number of hydrogen-bond donors (Lipinski definition) is 2. The molecule has 2 aromatic rings. The summed E-state index contributed by atoms with van der Waals surface area (Å²) < 4.78 is 12.6. The van der Waals surface area contributed by atoms with Gasteiger partial charge < -0.3 is 14.6 Å². The predicted molar refractivity (Wildman–Crippen MR) is 106 cm³/mol. The quantitative estimate of drug-likeness (QED) is 0.350. The number of hydrogen-bond acceptors (Lipinski definition) is 5. The van der Waals surface area contributed by atoms with Gasteiger partial charge in [0.25, 0.3) is 5.91 Å². The topological polar surface area (TPSA) is 80.2 Å². The smallest absolute Gasteiger partial charge is 0.271 e. The highest BCUT2D eigenvalue weighted by Crippen LogP contribution is 2.30. The van der Waals surface area contributed by atoms with E-state index < -0.39 is 0 Å². The molecule has 0 atom stereocenters. The number of phenols is 1. The summed E-state index contributed by atoms with van der Waals surface area (Å²) >= 11 is 4.19. The first-order valence-electron chi connectivity index (χ1n) is 6.95. The molecule has 0 bridgehead atoms. The third-order valence-electron chi connectivity index (χ3n) is 3.23. The van der Waals surface area contributed by atoms with Gasteiger partial charge in [-0.1, -0.05) is 0 Å². The molecular weight excluding hydrogens is 538 g/mol. The first kappa shape index (κ1) is 17.3. The molecule has 1 heterocycles. The van der Waals surface area contributed by atoms with E-state index >= 15 is 0 Å². The van der Waals surface area contributed by atoms with Gasteiger partial charge in [0.15, 0.2) is 11.5 Å². The van der Waals surface area contributed by atoms with Crippen molar-refractivity contribution in [1.82, 2.24) is 5.43 Å². The number of benzene rings is 2. The number of ether oxygens (including phenoxy) is 2. The Balaban J connectivity index is 1.72. The van der Waals surface area contributed by atoms with Crippen molar-refractivity contribution in [3.8, 4) is 17.2 Å². The summed E-state index contributed by atoms with van der Waals surface area (Å²) in [5, 5.41) is 13.9. The van der Waals surface area contributed by atoms with Gasteiger partial charge in [-0.2, -0.15) is 5.10 Å². The van der Waals surface area contributed by atoms with Crippen LogP contribution in [0.4, 0.5) is 0 Å². The third kappa shape index (κ3) is 3.91. The third-order valence-corrected chi connectivity index (χ3v) is 4.68. The monoisotopic (exact) mass is 550 g/mol. The molecule has 8 heteroatoms. The Bertz CT molecular complexity index is 824. The van der Waals surface area contributed by atoms with E-state index in [2.05, 4.69) is 33.1 Å². The number of rotatable bonds is 3. The molecule has 2 aromatic carbocycles. The maximum absolute atomic E-state index is 12.2. The molecule has 0 aromatic heterocycles. The Morgan fingerprint density at radius 2 is 1.92 bits per heavy atom. The van der Waals surface area contributed by atoms with Gasteiger partial charge in [-0.25, -0.2) is 5.43 Å². The number of carbonyl (C=O) groups is 1. The predicted octanol–water partition coefficient (Wildman–Crippen LogP) is 3.14. The van der Waals surface area contributed by atoms with E-state index in [-0.39, 0.29) is 11.7 Å². The molecular formula is C16H12I2N2O4. The lowest BCUT2D eigenvalue weighted by Gasteiger charge is -2.18. The molecule has 0 saturated heterocycles. The molecule has 1 aliphatic heterocycles. The molecule has 1 amide bonds. The lowest BCUT2D eigenvalue weighted by atomic mass is 10.2. The van der Waals surface area contributed by atoms with E-state index in [9.17, 15) is 9.90 Å². The number of hydrazone groups is 1. The fourth-order valence-electron chi connectivity index (χ4n) is 2.09. The van der Waals surface area contributed by atoms with Gasteiger partial charge in [0.05, 0.1) is 9.78 Å². The van der Waals surface area contributed by atoms with Crippen LogP contribution in [0.25, 0.3) is 0 Å². The van der Waals surface area contributed by atoms with Crippen LogP contribution in [0.15, 0.2) is 35.4 Å². The molecule has 0 saturated carbocycles. The van der Waals surface area contributed by atoms with Gasteiger partial charge in [-0.3, -0.25) is 4.79 Å². The number of carbonyl (C=O) groups excluding carboxylic acids is 1. The Morgan fingerprint density at radius 1 is 1.17 bits per heavy atom. The van der Waals surface area contributed by atoms with E-state index in [0.29, 0.717) is 35.8 Å². The van der Waals surface area contributed by atoms with Gasteiger partial charge in [0.1, 0.15) is 19.0 Å². The fourth-order valence-corrected chi connectivity index (χ4v) is 3.98. The number of fused-ring (bicyclic) bond motifs is 1. The van der Waals surface area contributed by atoms with E-state index in [1.807, 2.05) is 28.7 Å². The molecule has 0 fully saturated rings. The van der Waals surface area contributed by atoms with Gasteiger partial charge in [-0.15, -0.1) is 0 Å². The molecule has 0 spiro atoms. The van der Waals surface area contributed by atoms with Crippen LogP contribution in [0, 0.1) is 7.14 Å². The van der Waals surface area contributed by atoms with Gasteiger partial charge in [0, 0.05) is 14.7 Å². The fraction of sp³-hybridized carbons (Fsp3) is 0.125. The zero-order valence-electron chi connectivity index (χ0n) is 12.3. The SMILES string of the molecule is O=C(N/N=C\c1cc(I)cc(I)c1O)c1ccc2c(c1)OCCO2. The number of halogens is 2. The van der Waals surface area contributed by atoms with Crippen LogP contribution >= 0.6 is 45.2 Å². The van der Waals surface area contributed by atoms with Crippen molar-refractivity contribution < 1.29 is 19.4 Å². The highest BCUT2D eigenvalue weighted by atomic mass is 127. The highest BCUT2D eigenvalue weighted by molar-refractivity contribution is 14.1. The Hall–Kier alpha value is -1.56. The minimum atomic E-state index is -0.372. The summed E-state index contributed by atoms with van der Waals surface area (Å²) in [6.07, 6.45) is 1.41. The molecule has 0 aliphatic carbocycles. The van der Waals surface area contributed by atoms with Gasteiger partial charge in [0.2, 0.25) is 0 Å². The summed E-state index contributed by atoms with van der Waals surface area (Å²) in [6.45, 7) is 0.960. The second kappa shape index (κ2) is 7.55. The lowest BCUT2D eigenvalue weighted by Crippen LogP contribution is -2.19. The van der Waals surface area contributed by atoms with E-state index in [1.165, 1.54) is 6.21 Å². The number of nitrogens with one attached hydrogen (secondary N) is 1. The molecule has 124 valence electrons. The van der Waals surface area contributed by atoms with Gasteiger partial charge in [-0.05, 0) is 75.5 Å². The molecule has 6 nitrogen and oxygen atoms in total. The second-order valence-electron chi connectivity index (χ2n) is 4.88. The Kier molecular flexibility index (Phi) is 5.43. The van der Waals surface area contributed by atoms with Crippen LogP contribution in [0.1, 0.15) is 15.9 Å². The van der Waals surface area contributed by atoms with Crippen molar-refractivity contribution in [1.29, 1.82) is 0 Å². The van der Waals surface area contributed by atoms with Crippen molar-refractivity contribution in [2.45, 2.75) is 0 Å². The summed E-state index contributed by atoms with van der Waals surface area (Å²) in [5.74, 6) is 0.929. The molecule has 0 radical (unpaired) electrons. The normalized spacial score (nSPS) is 13.1. The van der Waals surface area contributed by atoms with Crippen molar-refractivity contribution in [3.05, 3.63) is 48.6 Å². The standard InChI is InChI=1S/C16H12I2N2O4/c17-11-5-10(15(21)12(18)7-11)8-19-20-16(22)9-1-2-13-14(6-9)24-4-3-23-13/h1-2,5-8,21H,3-4H2,(H,20,22)/b19-8-. The van der Waals surface area contributed by atoms with Crippen LogP contribution < -0.4 is 14.9 Å². The van der Waals surface area contributed by atoms with E-state index in [4.69, 9.17) is 9.47 Å². The Morgan fingerprint density at radius 3 is 2.71 bits per heavy atom. The first-order valence-corrected chi connectivity index (χ1v) is 9.11. The molecule has 2 N–H and O–H groups in total. The minimum absolute atomic E-state index is 0.133. The Labute approximate surface area is 165 Å². The number of amides is 1. The molecule has 0 unspecified atom stereocenters. The minimum Gasteiger partial charge on any atom is -0.506 e. The average molecular weight is 550 g/mol. The second-order valence-corrected chi connectivity index (χ2v) is 7.29.